The molecule has 1 aliphatic rings. The van der Waals surface area contributed by atoms with Gasteiger partial charge in [0.25, 0.3) is 0 Å². The molecule has 136 valence electrons. The van der Waals surface area contributed by atoms with E-state index in [2.05, 4.69) is 11.9 Å². The van der Waals surface area contributed by atoms with Gasteiger partial charge < -0.3 is 14.8 Å². The maximum absolute atomic E-state index is 11.8. The number of amides is 1. The summed E-state index contributed by atoms with van der Waals surface area (Å²) in [4.78, 5) is 11.8. The highest BCUT2D eigenvalue weighted by Crippen LogP contribution is 2.38. The van der Waals surface area contributed by atoms with Gasteiger partial charge in [-0.2, -0.15) is 0 Å². The molecule has 0 atom stereocenters. The lowest BCUT2D eigenvalue weighted by molar-refractivity contribution is -0.111. The molecule has 1 aliphatic carbocycles. The predicted octanol–water partition coefficient (Wildman–Crippen LogP) is 5.06. The Bertz CT molecular complexity index is 781. The second kappa shape index (κ2) is 8.56. The Kier molecular flexibility index (Phi) is 5.95. The lowest BCUT2D eigenvalue weighted by atomic mass is 10.0. The summed E-state index contributed by atoms with van der Waals surface area (Å²) in [5.41, 5.74) is 2.49. The zero-order valence-corrected chi connectivity index (χ0v) is 15.2. The van der Waals surface area contributed by atoms with Crippen molar-refractivity contribution in [2.75, 3.05) is 19.0 Å². The van der Waals surface area contributed by atoms with E-state index in [4.69, 9.17) is 9.47 Å². The zero-order valence-electron chi connectivity index (χ0n) is 15.2. The second-order valence-electron chi connectivity index (χ2n) is 6.54. The molecule has 0 heterocycles. The quantitative estimate of drug-likeness (QED) is 0.508. The fourth-order valence-corrected chi connectivity index (χ4v) is 2.94. The number of para-hydroxylation sites is 1. The van der Waals surface area contributed by atoms with Crippen LogP contribution in [0.4, 0.5) is 5.69 Å². The summed E-state index contributed by atoms with van der Waals surface area (Å²) in [6, 6.07) is 13.4. The van der Waals surface area contributed by atoms with Crippen LogP contribution in [0.25, 0.3) is 11.1 Å². The molecule has 4 nitrogen and oxygen atoms in total. The molecular formula is C22H25NO3. The molecule has 1 fully saturated rings. The summed E-state index contributed by atoms with van der Waals surface area (Å²) in [6.07, 6.45) is 6.30. The van der Waals surface area contributed by atoms with Gasteiger partial charge in [-0.25, -0.2) is 0 Å². The first-order valence-corrected chi connectivity index (χ1v) is 9.05. The number of benzene rings is 2. The number of anilines is 1. The Morgan fingerprint density at radius 1 is 1.23 bits per heavy atom. The van der Waals surface area contributed by atoms with Gasteiger partial charge in [0, 0.05) is 16.8 Å². The Morgan fingerprint density at radius 3 is 2.77 bits per heavy atom. The van der Waals surface area contributed by atoms with Gasteiger partial charge >= 0.3 is 0 Å². The average Bonchev–Trinajstić information content (AvgIpc) is 3.50. The lowest BCUT2D eigenvalue weighted by Gasteiger charge is -2.16. The van der Waals surface area contributed by atoms with Crippen LogP contribution in [0.2, 0.25) is 0 Å². The molecule has 0 bridgehead atoms. The van der Waals surface area contributed by atoms with Gasteiger partial charge in [-0.15, -0.1) is 0 Å². The second-order valence-corrected chi connectivity index (χ2v) is 6.54. The minimum atomic E-state index is -0.251. The van der Waals surface area contributed by atoms with Crippen LogP contribution in [0.1, 0.15) is 25.7 Å². The van der Waals surface area contributed by atoms with Crippen LogP contribution in [0.15, 0.2) is 55.1 Å². The highest BCUT2D eigenvalue weighted by molar-refractivity contribution is 6.02. The molecule has 2 aromatic rings. The summed E-state index contributed by atoms with van der Waals surface area (Å²) in [6.45, 7) is 4.22. The summed E-state index contributed by atoms with van der Waals surface area (Å²) < 4.78 is 11.4. The van der Waals surface area contributed by atoms with Crippen molar-refractivity contribution in [1.29, 1.82) is 0 Å². The first-order chi connectivity index (χ1) is 12.7. The number of hydrogen-bond acceptors (Lipinski definition) is 3. The number of methoxy groups -OCH3 is 1. The van der Waals surface area contributed by atoms with Gasteiger partial charge in [0.15, 0.2) is 0 Å². The summed E-state index contributed by atoms with van der Waals surface area (Å²) in [5, 5.41) is 2.86. The van der Waals surface area contributed by atoms with E-state index in [0.29, 0.717) is 12.3 Å². The van der Waals surface area contributed by atoms with Crippen molar-refractivity contribution >= 4 is 11.6 Å². The van der Waals surface area contributed by atoms with E-state index < -0.39 is 0 Å². The number of nitrogens with one attached hydrogen (secondary N) is 1. The molecule has 4 heteroatoms. The van der Waals surface area contributed by atoms with Gasteiger partial charge in [-0.05, 0) is 49.1 Å². The Balaban J connectivity index is 1.85. The molecule has 0 aromatic heterocycles. The zero-order chi connectivity index (χ0) is 18.4. The van der Waals surface area contributed by atoms with Crippen LogP contribution in [0.3, 0.4) is 0 Å². The van der Waals surface area contributed by atoms with Gasteiger partial charge in [0.05, 0.1) is 13.7 Å². The van der Waals surface area contributed by atoms with E-state index in [1.807, 2.05) is 42.5 Å². The standard InChI is InChI=1S/C22H25NO3/c1-3-22(24)23-20-13-12-17(25-2)15-19(20)18-8-4-5-9-21(18)26-14-6-7-16-10-11-16/h3-5,8-9,12-13,15-16H,1,6-7,10-11,14H2,2H3,(H,23,24). The van der Waals surface area contributed by atoms with Crippen molar-refractivity contribution < 1.29 is 14.3 Å². The van der Waals surface area contributed by atoms with Gasteiger partial charge in [-0.3, -0.25) is 4.79 Å². The third-order valence-corrected chi connectivity index (χ3v) is 4.56. The van der Waals surface area contributed by atoms with E-state index in [0.717, 1.165) is 35.0 Å². The number of ether oxygens (including phenoxy) is 2. The number of hydrogen-bond donors (Lipinski definition) is 1. The molecule has 1 N–H and O–H groups in total. The summed E-state index contributed by atoms with van der Waals surface area (Å²) in [7, 11) is 1.63. The fraction of sp³-hybridized carbons (Fsp3) is 0.318. The number of carbonyl (C=O) groups is 1. The highest BCUT2D eigenvalue weighted by atomic mass is 16.5. The molecule has 2 aromatic carbocycles. The Morgan fingerprint density at radius 2 is 2.04 bits per heavy atom. The van der Waals surface area contributed by atoms with Crippen molar-refractivity contribution in [3.8, 4) is 22.6 Å². The maximum Gasteiger partial charge on any atom is 0.247 e. The predicted molar refractivity (Wildman–Crippen MR) is 105 cm³/mol. The maximum atomic E-state index is 11.8. The van der Waals surface area contributed by atoms with Crippen molar-refractivity contribution in [3.63, 3.8) is 0 Å². The Hall–Kier alpha value is -2.75. The molecular weight excluding hydrogens is 326 g/mol. The van der Waals surface area contributed by atoms with E-state index in [1.54, 1.807) is 7.11 Å². The molecule has 0 unspecified atom stereocenters. The lowest BCUT2D eigenvalue weighted by Crippen LogP contribution is -2.09. The van der Waals surface area contributed by atoms with Crippen molar-refractivity contribution in [2.45, 2.75) is 25.7 Å². The Labute approximate surface area is 154 Å². The van der Waals surface area contributed by atoms with E-state index in [-0.39, 0.29) is 5.91 Å². The first-order valence-electron chi connectivity index (χ1n) is 9.05. The third kappa shape index (κ3) is 4.66. The van der Waals surface area contributed by atoms with Crippen LogP contribution >= 0.6 is 0 Å². The van der Waals surface area contributed by atoms with Crippen LogP contribution in [-0.4, -0.2) is 19.6 Å². The molecule has 3 rings (SSSR count). The van der Waals surface area contributed by atoms with Crippen molar-refractivity contribution in [2.24, 2.45) is 5.92 Å². The van der Waals surface area contributed by atoms with E-state index >= 15 is 0 Å². The summed E-state index contributed by atoms with van der Waals surface area (Å²) >= 11 is 0. The van der Waals surface area contributed by atoms with E-state index in [9.17, 15) is 4.79 Å². The molecule has 1 amide bonds. The minimum Gasteiger partial charge on any atom is -0.497 e. The number of carbonyl (C=O) groups excluding carboxylic acids is 1. The monoisotopic (exact) mass is 351 g/mol. The third-order valence-electron chi connectivity index (χ3n) is 4.56. The number of rotatable bonds is 9. The molecule has 0 aliphatic heterocycles. The highest BCUT2D eigenvalue weighted by Gasteiger charge is 2.20. The first kappa shape index (κ1) is 18.1. The van der Waals surface area contributed by atoms with Crippen molar-refractivity contribution in [1.82, 2.24) is 0 Å². The van der Waals surface area contributed by atoms with Crippen LogP contribution in [-0.2, 0) is 4.79 Å². The SMILES string of the molecule is C=CC(=O)Nc1ccc(OC)cc1-c1ccccc1OCCCC1CC1. The van der Waals surface area contributed by atoms with Crippen LogP contribution in [0, 0.1) is 5.92 Å². The molecule has 0 radical (unpaired) electrons. The van der Waals surface area contributed by atoms with E-state index in [1.165, 1.54) is 25.3 Å². The van der Waals surface area contributed by atoms with Gasteiger partial charge in [-0.1, -0.05) is 37.6 Å². The molecule has 1 saturated carbocycles. The molecule has 26 heavy (non-hydrogen) atoms. The smallest absolute Gasteiger partial charge is 0.247 e. The topological polar surface area (TPSA) is 47.6 Å². The van der Waals surface area contributed by atoms with Crippen molar-refractivity contribution in [3.05, 3.63) is 55.1 Å². The van der Waals surface area contributed by atoms with Gasteiger partial charge in [0.1, 0.15) is 11.5 Å². The fourth-order valence-electron chi connectivity index (χ4n) is 2.94. The molecule has 0 saturated heterocycles. The summed E-state index contributed by atoms with van der Waals surface area (Å²) in [5.74, 6) is 2.19. The largest absolute Gasteiger partial charge is 0.497 e. The minimum absolute atomic E-state index is 0.251. The average molecular weight is 351 g/mol. The van der Waals surface area contributed by atoms with Crippen LogP contribution < -0.4 is 14.8 Å². The molecule has 0 spiro atoms. The van der Waals surface area contributed by atoms with Crippen LogP contribution in [0.5, 0.6) is 11.5 Å². The van der Waals surface area contributed by atoms with Gasteiger partial charge in [0.2, 0.25) is 5.91 Å². The normalized spacial score (nSPS) is 13.1.